The van der Waals surface area contributed by atoms with Gasteiger partial charge in [-0.25, -0.2) is 0 Å². The molecule has 19 heavy (non-hydrogen) atoms. The molecule has 3 nitrogen and oxygen atoms in total. The van der Waals surface area contributed by atoms with E-state index in [2.05, 4.69) is 35.8 Å². The van der Waals surface area contributed by atoms with Gasteiger partial charge in [-0.1, -0.05) is 43.2 Å². The maximum atomic E-state index is 5.95. The number of benzene rings is 1. The number of nitrogens with one attached hydrogen (secondary N) is 1. The van der Waals surface area contributed by atoms with E-state index in [0.717, 1.165) is 19.6 Å². The van der Waals surface area contributed by atoms with Crippen LogP contribution in [-0.2, 0) is 10.2 Å². The zero-order chi connectivity index (χ0) is 13.1. The predicted molar refractivity (Wildman–Crippen MR) is 76.6 cm³/mol. The molecular weight excluding hydrogens is 236 g/mol. The first-order valence-electron chi connectivity index (χ1n) is 7.46. The van der Waals surface area contributed by atoms with E-state index in [1.165, 1.54) is 31.2 Å². The molecule has 1 aromatic rings. The smallest absolute Gasteiger partial charge is 0.0510 e. The van der Waals surface area contributed by atoms with Crippen LogP contribution in [0.15, 0.2) is 30.3 Å². The summed E-state index contributed by atoms with van der Waals surface area (Å²) in [6.45, 7) is 1.73. The maximum Gasteiger partial charge on any atom is 0.0510 e. The van der Waals surface area contributed by atoms with Crippen molar-refractivity contribution >= 4 is 0 Å². The van der Waals surface area contributed by atoms with E-state index in [4.69, 9.17) is 10.6 Å². The maximum absolute atomic E-state index is 5.95. The Labute approximate surface area is 115 Å². The highest BCUT2D eigenvalue weighted by atomic mass is 16.5. The molecule has 3 N–H and O–H groups in total. The third-order valence-corrected chi connectivity index (χ3v) is 5.06. The molecule has 0 amide bonds. The van der Waals surface area contributed by atoms with E-state index >= 15 is 0 Å². The first-order valence-corrected chi connectivity index (χ1v) is 7.46. The van der Waals surface area contributed by atoms with E-state index in [-0.39, 0.29) is 5.41 Å². The molecule has 0 aromatic heterocycles. The van der Waals surface area contributed by atoms with Crippen molar-refractivity contribution in [2.24, 2.45) is 11.8 Å². The lowest BCUT2D eigenvalue weighted by atomic mass is 9.68. The van der Waals surface area contributed by atoms with Gasteiger partial charge >= 0.3 is 0 Å². The Morgan fingerprint density at radius 1 is 1.21 bits per heavy atom. The highest BCUT2D eigenvalue weighted by Gasteiger charge is 2.46. The molecule has 1 saturated heterocycles. The van der Waals surface area contributed by atoms with Gasteiger partial charge in [0, 0.05) is 24.0 Å². The monoisotopic (exact) mass is 260 g/mol. The Hall–Kier alpha value is -0.900. The van der Waals surface area contributed by atoms with Gasteiger partial charge in [0.1, 0.15) is 0 Å². The molecule has 0 bridgehead atoms. The predicted octanol–water partition coefficient (Wildman–Crippen LogP) is 2.37. The lowest BCUT2D eigenvalue weighted by Crippen LogP contribution is -2.54. The fraction of sp³-hybridized carbons (Fsp3) is 0.625. The first kappa shape index (κ1) is 13.1. The number of hydrazine groups is 1. The average Bonchev–Trinajstić information content (AvgIpc) is 3.13. The van der Waals surface area contributed by atoms with Crippen LogP contribution in [0.4, 0.5) is 0 Å². The van der Waals surface area contributed by atoms with Gasteiger partial charge < -0.3 is 4.74 Å². The van der Waals surface area contributed by atoms with Crippen LogP contribution in [-0.4, -0.2) is 19.3 Å². The quantitative estimate of drug-likeness (QED) is 0.645. The minimum atomic E-state index is 0.203. The minimum absolute atomic E-state index is 0.203. The molecule has 1 saturated carbocycles. The van der Waals surface area contributed by atoms with Gasteiger partial charge in [0.05, 0.1) is 6.61 Å². The van der Waals surface area contributed by atoms with Crippen LogP contribution >= 0.6 is 0 Å². The summed E-state index contributed by atoms with van der Waals surface area (Å²) < 4.78 is 5.58. The third-order valence-electron chi connectivity index (χ3n) is 5.06. The van der Waals surface area contributed by atoms with Crippen molar-refractivity contribution in [1.29, 1.82) is 0 Å². The van der Waals surface area contributed by atoms with Gasteiger partial charge in [0.15, 0.2) is 0 Å². The Morgan fingerprint density at radius 3 is 2.53 bits per heavy atom. The largest absolute Gasteiger partial charge is 0.381 e. The molecule has 2 unspecified atom stereocenters. The molecule has 3 heteroatoms. The SMILES string of the molecule is NNC(C1CCOC1)C1(c2ccccc2)CCCC1. The zero-order valence-electron chi connectivity index (χ0n) is 11.5. The van der Waals surface area contributed by atoms with Crippen LogP contribution in [0, 0.1) is 5.92 Å². The van der Waals surface area contributed by atoms with Crippen molar-refractivity contribution in [2.75, 3.05) is 13.2 Å². The summed E-state index contributed by atoms with van der Waals surface area (Å²) in [7, 11) is 0. The summed E-state index contributed by atoms with van der Waals surface area (Å²) in [4.78, 5) is 0. The second-order valence-corrected chi connectivity index (χ2v) is 6.00. The minimum Gasteiger partial charge on any atom is -0.381 e. The summed E-state index contributed by atoms with van der Waals surface area (Å²) >= 11 is 0. The van der Waals surface area contributed by atoms with Gasteiger partial charge in [0.2, 0.25) is 0 Å². The number of ether oxygens (including phenoxy) is 1. The number of hydrogen-bond donors (Lipinski definition) is 2. The normalized spacial score (nSPS) is 27.5. The van der Waals surface area contributed by atoms with Crippen molar-refractivity contribution in [2.45, 2.75) is 43.6 Å². The van der Waals surface area contributed by atoms with Crippen molar-refractivity contribution in [3.05, 3.63) is 35.9 Å². The Bertz CT molecular complexity index is 394. The van der Waals surface area contributed by atoms with Crippen LogP contribution in [0.25, 0.3) is 0 Å². The number of rotatable bonds is 4. The fourth-order valence-electron chi connectivity index (χ4n) is 4.12. The molecule has 1 aliphatic heterocycles. The standard InChI is InChI=1S/C16H24N2O/c17-18-15(13-8-11-19-12-13)16(9-4-5-10-16)14-6-2-1-3-7-14/h1-3,6-7,13,15,18H,4-5,8-12,17H2. The van der Waals surface area contributed by atoms with Crippen LogP contribution in [0.2, 0.25) is 0 Å². The van der Waals surface area contributed by atoms with Crippen LogP contribution in [0.5, 0.6) is 0 Å². The topological polar surface area (TPSA) is 47.3 Å². The van der Waals surface area contributed by atoms with Crippen molar-refractivity contribution in [1.82, 2.24) is 5.43 Å². The van der Waals surface area contributed by atoms with E-state index < -0.39 is 0 Å². The van der Waals surface area contributed by atoms with Gasteiger partial charge in [-0.3, -0.25) is 11.3 Å². The third kappa shape index (κ3) is 2.31. The molecule has 2 fully saturated rings. The van der Waals surface area contributed by atoms with Gasteiger partial charge in [-0.15, -0.1) is 0 Å². The molecule has 1 heterocycles. The Morgan fingerprint density at radius 2 is 1.95 bits per heavy atom. The van der Waals surface area contributed by atoms with E-state index in [1.807, 2.05) is 0 Å². The Balaban J connectivity index is 1.94. The molecule has 2 atom stereocenters. The van der Waals surface area contributed by atoms with Crippen LogP contribution in [0.1, 0.15) is 37.7 Å². The van der Waals surface area contributed by atoms with Crippen molar-refractivity contribution < 1.29 is 4.74 Å². The van der Waals surface area contributed by atoms with Gasteiger partial charge in [-0.05, 0) is 24.8 Å². The molecule has 2 aliphatic rings. The first-order chi connectivity index (χ1) is 9.37. The van der Waals surface area contributed by atoms with E-state index in [1.54, 1.807) is 0 Å². The molecule has 3 rings (SSSR count). The fourth-order valence-corrected chi connectivity index (χ4v) is 4.12. The summed E-state index contributed by atoms with van der Waals surface area (Å²) in [6, 6.07) is 11.3. The zero-order valence-corrected chi connectivity index (χ0v) is 11.5. The second-order valence-electron chi connectivity index (χ2n) is 6.00. The highest BCUT2D eigenvalue weighted by Crippen LogP contribution is 2.46. The molecule has 0 radical (unpaired) electrons. The lowest BCUT2D eigenvalue weighted by molar-refractivity contribution is 0.154. The number of hydrogen-bond acceptors (Lipinski definition) is 3. The summed E-state index contributed by atoms with van der Waals surface area (Å²) in [5.41, 5.74) is 4.79. The average molecular weight is 260 g/mol. The highest BCUT2D eigenvalue weighted by molar-refractivity contribution is 5.29. The molecule has 1 aromatic carbocycles. The Kier molecular flexibility index (Phi) is 3.87. The van der Waals surface area contributed by atoms with Crippen molar-refractivity contribution in [3.63, 3.8) is 0 Å². The lowest BCUT2D eigenvalue weighted by Gasteiger charge is -2.41. The number of nitrogens with two attached hydrogens (primary N) is 1. The molecule has 0 spiro atoms. The molecule has 1 aliphatic carbocycles. The second kappa shape index (κ2) is 5.61. The van der Waals surface area contributed by atoms with Crippen LogP contribution in [0.3, 0.4) is 0 Å². The summed E-state index contributed by atoms with van der Waals surface area (Å²) in [5.74, 6) is 6.49. The van der Waals surface area contributed by atoms with Crippen LogP contribution < -0.4 is 11.3 Å². The molecule has 104 valence electrons. The van der Waals surface area contributed by atoms with Crippen molar-refractivity contribution in [3.8, 4) is 0 Å². The molecular formula is C16H24N2O. The summed E-state index contributed by atoms with van der Waals surface area (Å²) in [6.07, 6.45) is 6.22. The van der Waals surface area contributed by atoms with Gasteiger partial charge in [0.25, 0.3) is 0 Å². The van der Waals surface area contributed by atoms with E-state index in [0.29, 0.717) is 12.0 Å². The van der Waals surface area contributed by atoms with E-state index in [9.17, 15) is 0 Å². The van der Waals surface area contributed by atoms with Gasteiger partial charge in [-0.2, -0.15) is 0 Å². The summed E-state index contributed by atoms with van der Waals surface area (Å²) in [5, 5.41) is 0.